The summed E-state index contributed by atoms with van der Waals surface area (Å²) >= 11 is 0. The summed E-state index contributed by atoms with van der Waals surface area (Å²) in [6.45, 7) is 5.49. The highest BCUT2D eigenvalue weighted by Gasteiger charge is 2.29. The number of hydrogen-bond donors (Lipinski definition) is 1. The van der Waals surface area contributed by atoms with Gasteiger partial charge in [-0.15, -0.1) is 0 Å². The molecule has 0 radical (unpaired) electrons. The van der Waals surface area contributed by atoms with Crippen LogP contribution in [0.25, 0.3) is 0 Å². The normalized spacial score (nSPS) is 21.3. The Hall–Kier alpha value is -1.11. The maximum Gasteiger partial charge on any atom is 0.243 e. The molecule has 1 aromatic carbocycles. The standard InChI is InChI=1S/C13H20N2O3S/c1-10-8-12(18-3)4-5-13(10)19(16,17)15-7-6-14-11(2)9-15/h4-5,8,11,14H,6-7,9H2,1-3H3. The molecule has 0 amide bonds. The predicted octanol–water partition coefficient (Wildman–Crippen LogP) is 0.986. The van der Waals surface area contributed by atoms with Crippen molar-refractivity contribution in [3.05, 3.63) is 23.8 Å². The first kappa shape index (κ1) is 14.3. The van der Waals surface area contributed by atoms with Crippen LogP contribution in [0, 0.1) is 6.92 Å². The number of ether oxygens (including phenoxy) is 1. The molecule has 1 saturated heterocycles. The van der Waals surface area contributed by atoms with Crippen molar-refractivity contribution in [3.63, 3.8) is 0 Å². The second kappa shape index (κ2) is 5.48. The van der Waals surface area contributed by atoms with Crippen molar-refractivity contribution in [2.45, 2.75) is 24.8 Å². The van der Waals surface area contributed by atoms with Gasteiger partial charge in [-0.3, -0.25) is 0 Å². The minimum Gasteiger partial charge on any atom is -0.497 e. The molecule has 1 N–H and O–H groups in total. The van der Waals surface area contributed by atoms with E-state index < -0.39 is 10.0 Å². The summed E-state index contributed by atoms with van der Waals surface area (Å²) in [4.78, 5) is 0.363. The minimum atomic E-state index is -3.41. The molecule has 19 heavy (non-hydrogen) atoms. The van der Waals surface area contributed by atoms with Gasteiger partial charge in [0, 0.05) is 25.7 Å². The van der Waals surface area contributed by atoms with Gasteiger partial charge in [0.05, 0.1) is 12.0 Å². The molecular formula is C13H20N2O3S. The fourth-order valence-corrected chi connectivity index (χ4v) is 4.03. The van der Waals surface area contributed by atoms with Gasteiger partial charge in [-0.2, -0.15) is 4.31 Å². The van der Waals surface area contributed by atoms with E-state index in [1.807, 2.05) is 6.92 Å². The molecule has 106 valence electrons. The van der Waals surface area contributed by atoms with Crippen LogP contribution >= 0.6 is 0 Å². The summed E-state index contributed by atoms with van der Waals surface area (Å²) in [6, 6.07) is 5.24. The van der Waals surface area contributed by atoms with E-state index in [9.17, 15) is 8.42 Å². The Balaban J connectivity index is 2.33. The molecule has 0 saturated carbocycles. The number of nitrogens with one attached hydrogen (secondary N) is 1. The number of methoxy groups -OCH3 is 1. The summed E-state index contributed by atoms with van der Waals surface area (Å²) in [5, 5.41) is 3.24. The maximum absolute atomic E-state index is 12.6. The van der Waals surface area contributed by atoms with Crippen molar-refractivity contribution in [1.29, 1.82) is 0 Å². The third-order valence-electron chi connectivity index (χ3n) is 3.33. The Morgan fingerprint density at radius 3 is 2.74 bits per heavy atom. The van der Waals surface area contributed by atoms with Crippen LogP contribution in [0.3, 0.4) is 0 Å². The maximum atomic E-state index is 12.6. The summed E-state index contributed by atoms with van der Waals surface area (Å²) in [5.41, 5.74) is 0.713. The van der Waals surface area contributed by atoms with Crippen molar-refractivity contribution in [1.82, 2.24) is 9.62 Å². The van der Waals surface area contributed by atoms with Gasteiger partial charge in [0.2, 0.25) is 10.0 Å². The van der Waals surface area contributed by atoms with Gasteiger partial charge in [-0.25, -0.2) is 8.42 Å². The van der Waals surface area contributed by atoms with Crippen molar-refractivity contribution < 1.29 is 13.2 Å². The first-order valence-corrected chi connectivity index (χ1v) is 7.77. The number of rotatable bonds is 3. The molecule has 1 unspecified atom stereocenters. The van der Waals surface area contributed by atoms with E-state index in [4.69, 9.17) is 4.74 Å². The van der Waals surface area contributed by atoms with Gasteiger partial charge >= 0.3 is 0 Å². The van der Waals surface area contributed by atoms with Crippen molar-refractivity contribution in [2.75, 3.05) is 26.7 Å². The van der Waals surface area contributed by atoms with Gasteiger partial charge < -0.3 is 10.1 Å². The summed E-state index contributed by atoms with van der Waals surface area (Å²) in [6.07, 6.45) is 0. The zero-order valence-electron chi connectivity index (χ0n) is 11.5. The smallest absolute Gasteiger partial charge is 0.243 e. The van der Waals surface area contributed by atoms with Gasteiger partial charge in [0.1, 0.15) is 5.75 Å². The molecule has 0 aliphatic carbocycles. The SMILES string of the molecule is COc1ccc(S(=O)(=O)N2CCNC(C)C2)c(C)c1. The zero-order chi connectivity index (χ0) is 14.0. The summed E-state index contributed by atoms with van der Waals surface area (Å²) in [5.74, 6) is 0.671. The topological polar surface area (TPSA) is 58.6 Å². The van der Waals surface area contributed by atoms with Gasteiger partial charge in [-0.05, 0) is 37.6 Å². The number of nitrogens with zero attached hydrogens (tertiary/aromatic N) is 1. The van der Waals surface area contributed by atoms with E-state index in [1.165, 1.54) is 0 Å². The molecule has 0 spiro atoms. The lowest BCUT2D eigenvalue weighted by atomic mass is 10.2. The van der Waals surface area contributed by atoms with Gasteiger partial charge in [0.15, 0.2) is 0 Å². The first-order valence-electron chi connectivity index (χ1n) is 6.33. The number of benzene rings is 1. The molecule has 1 aromatic rings. The summed E-state index contributed by atoms with van der Waals surface area (Å²) in [7, 11) is -1.84. The average Bonchev–Trinajstić information content (AvgIpc) is 2.38. The Kier molecular flexibility index (Phi) is 4.13. The van der Waals surface area contributed by atoms with Crippen molar-refractivity contribution >= 4 is 10.0 Å². The fourth-order valence-electron chi connectivity index (χ4n) is 2.29. The summed E-state index contributed by atoms with van der Waals surface area (Å²) < 4.78 is 31.9. The third-order valence-corrected chi connectivity index (χ3v) is 5.36. The van der Waals surface area contributed by atoms with Crippen LogP contribution in [-0.4, -0.2) is 45.5 Å². The number of hydrogen-bond acceptors (Lipinski definition) is 4. The van der Waals surface area contributed by atoms with Crippen molar-refractivity contribution in [2.24, 2.45) is 0 Å². The molecule has 1 aliphatic rings. The van der Waals surface area contributed by atoms with Crippen LogP contribution in [0.5, 0.6) is 5.75 Å². The quantitative estimate of drug-likeness (QED) is 0.899. The lowest BCUT2D eigenvalue weighted by Crippen LogP contribution is -2.51. The van der Waals surface area contributed by atoms with E-state index in [0.29, 0.717) is 35.8 Å². The van der Waals surface area contributed by atoms with Crippen molar-refractivity contribution in [3.8, 4) is 5.75 Å². The Bertz CT molecular complexity index is 557. The van der Waals surface area contributed by atoms with E-state index in [1.54, 1.807) is 36.5 Å². The third kappa shape index (κ3) is 2.91. The second-order valence-corrected chi connectivity index (χ2v) is 6.76. The molecule has 1 heterocycles. The molecule has 2 rings (SSSR count). The van der Waals surface area contributed by atoms with E-state index >= 15 is 0 Å². The van der Waals surface area contributed by atoms with Crippen LogP contribution in [0.1, 0.15) is 12.5 Å². The van der Waals surface area contributed by atoms with E-state index in [0.717, 1.165) is 0 Å². The molecule has 1 fully saturated rings. The van der Waals surface area contributed by atoms with E-state index in [-0.39, 0.29) is 6.04 Å². The molecule has 1 atom stereocenters. The predicted molar refractivity (Wildman–Crippen MR) is 74.0 cm³/mol. The van der Waals surface area contributed by atoms with E-state index in [2.05, 4.69) is 5.32 Å². The Labute approximate surface area is 114 Å². The van der Waals surface area contributed by atoms with Crippen LogP contribution in [0.15, 0.2) is 23.1 Å². The fraction of sp³-hybridized carbons (Fsp3) is 0.538. The lowest BCUT2D eigenvalue weighted by molar-refractivity contribution is 0.310. The molecule has 0 aromatic heterocycles. The van der Waals surface area contributed by atoms with Gasteiger partial charge in [-0.1, -0.05) is 0 Å². The highest BCUT2D eigenvalue weighted by atomic mass is 32.2. The Morgan fingerprint density at radius 1 is 1.42 bits per heavy atom. The molecular weight excluding hydrogens is 264 g/mol. The highest BCUT2D eigenvalue weighted by Crippen LogP contribution is 2.24. The number of piperazine rings is 1. The molecule has 6 heteroatoms. The lowest BCUT2D eigenvalue weighted by Gasteiger charge is -2.31. The van der Waals surface area contributed by atoms with Crippen LogP contribution in [0.2, 0.25) is 0 Å². The molecule has 5 nitrogen and oxygen atoms in total. The molecule has 1 aliphatic heterocycles. The first-order chi connectivity index (χ1) is 8.95. The minimum absolute atomic E-state index is 0.182. The average molecular weight is 284 g/mol. The van der Waals surface area contributed by atoms with Gasteiger partial charge in [0.25, 0.3) is 0 Å². The highest BCUT2D eigenvalue weighted by molar-refractivity contribution is 7.89. The molecule has 0 bridgehead atoms. The number of aryl methyl sites for hydroxylation is 1. The monoisotopic (exact) mass is 284 g/mol. The van der Waals surface area contributed by atoms with Crippen LogP contribution in [-0.2, 0) is 10.0 Å². The van der Waals surface area contributed by atoms with Crippen LogP contribution < -0.4 is 10.1 Å². The largest absolute Gasteiger partial charge is 0.497 e. The second-order valence-electron chi connectivity index (χ2n) is 4.85. The van der Waals surface area contributed by atoms with Crippen LogP contribution in [0.4, 0.5) is 0 Å². The number of sulfonamides is 1. The Morgan fingerprint density at radius 2 is 2.16 bits per heavy atom. The zero-order valence-corrected chi connectivity index (χ0v) is 12.3.